The third-order valence-corrected chi connectivity index (χ3v) is 2.99. The zero-order valence-electron chi connectivity index (χ0n) is 11.7. The van der Waals surface area contributed by atoms with E-state index in [0.29, 0.717) is 5.56 Å². The topological polar surface area (TPSA) is 40.5 Å². The first-order valence-corrected chi connectivity index (χ1v) is 6.80. The lowest BCUT2D eigenvalue weighted by molar-refractivity contribution is 0.0689. The summed E-state index contributed by atoms with van der Waals surface area (Å²) in [7, 11) is 0. The molecular formula is C15H21F2NO2. The van der Waals surface area contributed by atoms with Gasteiger partial charge in [0.05, 0.1) is 19.7 Å². The second-order valence-electron chi connectivity index (χ2n) is 4.72. The highest BCUT2D eigenvalue weighted by Crippen LogP contribution is 2.09. The Kier molecular flexibility index (Phi) is 7.33. The molecule has 0 saturated carbocycles. The van der Waals surface area contributed by atoms with Gasteiger partial charge in [-0.05, 0) is 12.0 Å². The minimum absolute atomic E-state index is 0.0734. The molecule has 0 unspecified atom stereocenters. The van der Waals surface area contributed by atoms with Crippen LogP contribution in [-0.4, -0.2) is 48.5 Å². The van der Waals surface area contributed by atoms with Crippen LogP contribution in [0.2, 0.25) is 0 Å². The van der Waals surface area contributed by atoms with Crippen LogP contribution in [0.1, 0.15) is 29.3 Å². The molecule has 0 spiro atoms. The van der Waals surface area contributed by atoms with Gasteiger partial charge in [-0.15, -0.1) is 0 Å². The SMILES string of the molecule is CCCc1ccc(C(=O)CN(CCO)CC(F)F)cc1. The molecule has 0 radical (unpaired) electrons. The molecule has 0 aliphatic heterocycles. The predicted molar refractivity (Wildman–Crippen MR) is 74.3 cm³/mol. The zero-order chi connectivity index (χ0) is 15.0. The van der Waals surface area contributed by atoms with Crippen molar-refractivity contribution in [3.05, 3.63) is 35.4 Å². The van der Waals surface area contributed by atoms with Crippen LogP contribution in [0.4, 0.5) is 8.78 Å². The van der Waals surface area contributed by atoms with Crippen LogP contribution in [0.25, 0.3) is 0 Å². The number of carbonyl (C=O) groups excluding carboxylic acids is 1. The van der Waals surface area contributed by atoms with Crippen LogP contribution in [0.15, 0.2) is 24.3 Å². The summed E-state index contributed by atoms with van der Waals surface area (Å²) >= 11 is 0. The number of rotatable bonds is 9. The van der Waals surface area contributed by atoms with Crippen molar-refractivity contribution < 1.29 is 18.7 Å². The molecule has 0 saturated heterocycles. The normalized spacial score (nSPS) is 11.3. The molecule has 20 heavy (non-hydrogen) atoms. The van der Waals surface area contributed by atoms with E-state index in [1.165, 1.54) is 4.90 Å². The van der Waals surface area contributed by atoms with E-state index in [9.17, 15) is 13.6 Å². The van der Waals surface area contributed by atoms with Crippen molar-refractivity contribution in [3.8, 4) is 0 Å². The van der Waals surface area contributed by atoms with Gasteiger partial charge in [0.2, 0.25) is 0 Å². The van der Waals surface area contributed by atoms with Crippen molar-refractivity contribution in [1.29, 1.82) is 0 Å². The lowest BCUT2D eigenvalue weighted by Gasteiger charge is -2.19. The highest BCUT2D eigenvalue weighted by Gasteiger charge is 2.16. The smallest absolute Gasteiger partial charge is 0.251 e. The fourth-order valence-corrected chi connectivity index (χ4v) is 2.01. The van der Waals surface area contributed by atoms with E-state index in [1.807, 2.05) is 12.1 Å². The summed E-state index contributed by atoms with van der Waals surface area (Å²) in [5, 5.41) is 8.83. The Labute approximate surface area is 118 Å². The first-order valence-electron chi connectivity index (χ1n) is 6.80. The van der Waals surface area contributed by atoms with E-state index in [-0.39, 0.29) is 25.5 Å². The Morgan fingerprint density at radius 2 is 1.95 bits per heavy atom. The van der Waals surface area contributed by atoms with E-state index in [4.69, 9.17) is 5.11 Å². The van der Waals surface area contributed by atoms with Gasteiger partial charge in [-0.3, -0.25) is 9.69 Å². The number of alkyl halides is 2. The largest absolute Gasteiger partial charge is 0.395 e. The Hall–Kier alpha value is -1.33. The molecule has 1 N–H and O–H groups in total. The number of hydrogen-bond acceptors (Lipinski definition) is 3. The minimum atomic E-state index is -2.51. The van der Waals surface area contributed by atoms with Crippen LogP contribution in [0.5, 0.6) is 0 Å². The number of nitrogens with zero attached hydrogens (tertiary/aromatic N) is 1. The van der Waals surface area contributed by atoms with E-state index >= 15 is 0 Å². The molecule has 1 aromatic rings. The maximum Gasteiger partial charge on any atom is 0.251 e. The molecule has 0 heterocycles. The van der Waals surface area contributed by atoms with Gasteiger partial charge in [0, 0.05) is 12.1 Å². The first kappa shape index (κ1) is 16.7. The Bertz CT molecular complexity index is 407. The van der Waals surface area contributed by atoms with Crippen molar-refractivity contribution in [1.82, 2.24) is 4.90 Å². The highest BCUT2D eigenvalue weighted by molar-refractivity contribution is 5.97. The number of aryl methyl sites for hydroxylation is 1. The van der Waals surface area contributed by atoms with Crippen LogP contribution < -0.4 is 0 Å². The lowest BCUT2D eigenvalue weighted by atomic mass is 10.1. The van der Waals surface area contributed by atoms with E-state index in [1.54, 1.807) is 12.1 Å². The number of aliphatic hydroxyl groups is 1. The molecule has 0 amide bonds. The molecule has 112 valence electrons. The summed E-state index contributed by atoms with van der Waals surface area (Å²) in [5.41, 5.74) is 1.67. The average molecular weight is 285 g/mol. The van der Waals surface area contributed by atoms with Gasteiger partial charge < -0.3 is 5.11 Å². The zero-order valence-corrected chi connectivity index (χ0v) is 11.7. The summed E-state index contributed by atoms with van der Waals surface area (Å²) in [6, 6.07) is 7.24. The number of aliphatic hydroxyl groups excluding tert-OH is 1. The molecule has 1 rings (SSSR count). The van der Waals surface area contributed by atoms with E-state index < -0.39 is 13.0 Å². The van der Waals surface area contributed by atoms with Gasteiger partial charge in [-0.2, -0.15) is 0 Å². The molecule has 0 atom stereocenters. The van der Waals surface area contributed by atoms with Crippen LogP contribution in [0.3, 0.4) is 0 Å². The molecule has 0 aliphatic carbocycles. The van der Waals surface area contributed by atoms with Gasteiger partial charge in [-0.1, -0.05) is 37.6 Å². The van der Waals surface area contributed by atoms with Crippen molar-refractivity contribution >= 4 is 5.78 Å². The summed E-state index contributed by atoms with van der Waals surface area (Å²) < 4.78 is 24.7. The van der Waals surface area contributed by atoms with Gasteiger partial charge >= 0.3 is 0 Å². The molecule has 5 heteroatoms. The maximum atomic E-state index is 12.4. The molecule has 0 fully saturated rings. The summed E-state index contributed by atoms with van der Waals surface area (Å²) in [6.45, 7) is 1.31. The van der Waals surface area contributed by atoms with Crippen molar-refractivity contribution in [2.45, 2.75) is 26.2 Å². The molecule has 0 aliphatic rings. The average Bonchev–Trinajstić information content (AvgIpc) is 2.39. The van der Waals surface area contributed by atoms with Gasteiger partial charge in [0.1, 0.15) is 0 Å². The highest BCUT2D eigenvalue weighted by atomic mass is 19.3. The molecule has 0 bridgehead atoms. The van der Waals surface area contributed by atoms with E-state index in [2.05, 4.69) is 6.92 Å². The summed E-state index contributed by atoms with van der Waals surface area (Å²) in [6.07, 6.45) is -0.524. The van der Waals surface area contributed by atoms with Crippen molar-refractivity contribution in [2.24, 2.45) is 0 Å². The fraction of sp³-hybridized carbons (Fsp3) is 0.533. The van der Waals surface area contributed by atoms with Crippen molar-refractivity contribution in [3.63, 3.8) is 0 Å². The van der Waals surface area contributed by atoms with Gasteiger partial charge in [0.15, 0.2) is 5.78 Å². The summed E-state index contributed by atoms with van der Waals surface area (Å²) in [4.78, 5) is 13.3. The number of ketones is 1. The van der Waals surface area contributed by atoms with Gasteiger partial charge in [0.25, 0.3) is 6.43 Å². The van der Waals surface area contributed by atoms with Gasteiger partial charge in [-0.25, -0.2) is 8.78 Å². The van der Waals surface area contributed by atoms with E-state index in [0.717, 1.165) is 18.4 Å². The monoisotopic (exact) mass is 285 g/mol. The van der Waals surface area contributed by atoms with Crippen LogP contribution in [0, 0.1) is 0 Å². The fourth-order valence-electron chi connectivity index (χ4n) is 2.01. The molecule has 0 aromatic heterocycles. The Morgan fingerprint density at radius 3 is 2.45 bits per heavy atom. The number of halogens is 2. The number of hydrogen-bond donors (Lipinski definition) is 1. The van der Waals surface area contributed by atoms with Crippen LogP contribution in [-0.2, 0) is 6.42 Å². The van der Waals surface area contributed by atoms with Crippen molar-refractivity contribution in [2.75, 3.05) is 26.2 Å². The van der Waals surface area contributed by atoms with Crippen LogP contribution >= 0.6 is 0 Å². The molecule has 3 nitrogen and oxygen atoms in total. The summed E-state index contributed by atoms with van der Waals surface area (Å²) in [5.74, 6) is -0.206. The first-order chi connectivity index (χ1) is 9.56. The molecular weight excluding hydrogens is 264 g/mol. The second kappa shape index (κ2) is 8.76. The third kappa shape index (κ3) is 5.75. The number of benzene rings is 1. The second-order valence-corrected chi connectivity index (χ2v) is 4.72. The number of carbonyl (C=O) groups is 1. The maximum absolute atomic E-state index is 12.4. The minimum Gasteiger partial charge on any atom is -0.395 e. The third-order valence-electron chi connectivity index (χ3n) is 2.99. The lowest BCUT2D eigenvalue weighted by Crippen LogP contribution is -2.36. The Balaban J connectivity index is 2.63. The standard InChI is InChI=1S/C15H21F2NO2/c1-2-3-12-4-6-13(7-5-12)14(20)10-18(8-9-19)11-15(16)17/h4-7,15,19H,2-3,8-11H2,1H3. The quantitative estimate of drug-likeness (QED) is 0.708. The number of Topliss-reactive ketones (excluding diaryl/α,β-unsaturated/α-hetero) is 1. The Morgan fingerprint density at radius 1 is 1.30 bits per heavy atom. The predicted octanol–water partition coefficient (Wildman–Crippen LogP) is 2.38. The molecule has 1 aromatic carbocycles.